The summed E-state index contributed by atoms with van der Waals surface area (Å²) in [6.45, 7) is 0.582. The number of hydrogen-bond acceptors (Lipinski definition) is 4. The van der Waals surface area contributed by atoms with Crippen LogP contribution in [0.2, 0.25) is 0 Å². The molecule has 4 aromatic rings. The molecule has 1 atom stereocenters. The molecule has 192 valence electrons. The SMILES string of the molecule is O=C(N[C@@H](CCc1cccc(OCc2ccccc2)c1)C(=O)O)OCC1c2ccccc2-c2ccccc21. The minimum absolute atomic E-state index is 0.0879. The lowest BCUT2D eigenvalue weighted by molar-refractivity contribution is -0.139. The minimum Gasteiger partial charge on any atom is -0.489 e. The van der Waals surface area contributed by atoms with E-state index in [2.05, 4.69) is 17.4 Å². The molecule has 0 spiro atoms. The molecule has 1 amide bonds. The summed E-state index contributed by atoms with van der Waals surface area (Å²) in [4.78, 5) is 24.5. The summed E-state index contributed by atoms with van der Waals surface area (Å²) in [6.07, 6.45) is -0.0515. The van der Waals surface area contributed by atoms with Gasteiger partial charge in [0.15, 0.2) is 0 Å². The van der Waals surface area contributed by atoms with Gasteiger partial charge in [0.1, 0.15) is 25.0 Å². The summed E-state index contributed by atoms with van der Waals surface area (Å²) >= 11 is 0. The van der Waals surface area contributed by atoms with Gasteiger partial charge in [0, 0.05) is 5.92 Å². The fourth-order valence-electron chi connectivity index (χ4n) is 4.88. The number of carbonyl (C=O) groups excluding carboxylic acids is 1. The van der Waals surface area contributed by atoms with Crippen LogP contribution < -0.4 is 10.1 Å². The molecule has 38 heavy (non-hydrogen) atoms. The monoisotopic (exact) mass is 507 g/mol. The highest BCUT2D eigenvalue weighted by Gasteiger charge is 2.29. The van der Waals surface area contributed by atoms with Gasteiger partial charge in [-0.3, -0.25) is 0 Å². The van der Waals surface area contributed by atoms with Gasteiger partial charge < -0.3 is 19.9 Å². The van der Waals surface area contributed by atoms with E-state index >= 15 is 0 Å². The van der Waals surface area contributed by atoms with E-state index in [9.17, 15) is 14.7 Å². The number of fused-ring (bicyclic) bond motifs is 3. The van der Waals surface area contributed by atoms with E-state index in [0.29, 0.717) is 18.8 Å². The fraction of sp³-hybridized carbons (Fsp3) is 0.188. The zero-order valence-electron chi connectivity index (χ0n) is 20.9. The molecule has 0 aromatic heterocycles. The van der Waals surface area contributed by atoms with Crippen LogP contribution in [-0.2, 0) is 22.6 Å². The molecule has 0 bridgehead atoms. The van der Waals surface area contributed by atoms with Crippen LogP contribution in [0.5, 0.6) is 5.75 Å². The van der Waals surface area contributed by atoms with Gasteiger partial charge in [-0.05, 0) is 58.4 Å². The summed E-state index contributed by atoms with van der Waals surface area (Å²) in [5.74, 6) is -0.479. The number of aliphatic carboxylic acids is 1. The first-order chi connectivity index (χ1) is 18.6. The van der Waals surface area contributed by atoms with Gasteiger partial charge in [-0.2, -0.15) is 0 Å². The second kappa shape index (κ2) is 11.6. The second-order valence-electron chi connectivity index (χ2n) is 9.32. The molecule has 6 heteroatoms. The standard InChI is InChI=1S/C32H29NO5/c34-31(35)30(18-17-22-11-8-12-24(19-22)37-20-23-9-2-1-3-10-23)33-32(36)38-21-29-27-15-6-4-13-25(27)26-14-5-7-16-28(26)29/h1-16,19,29-30H,17-18,20-21H2,(H,33,36)(H,34,35)/t30-/m0/s1. The van der Waals surface area contributed by atoms with Crippen molar-refractivity contribution in [2.45, 2.75) is 31.4 Å². The van der Waals surface area contributed by atoms with Crippen LogP contribution in [0, 0.1) is 0 Å². The quantitative estimate of drug-likeness (QED) is 0.267. The van der Waals surface area contributed by atoms with Crippen molar-refractivity contribution < 1.29 is 24.2 Å². The summed E-state index contributed by atoms with van der Waals surface area (Å²) in [7, 11) is 0. The first kappa shape index (κ1) is 25.1. The number of aryl methyl sites for hydroxylation is 1. The zero-order valence-corrected chi connectivity index (χ0v) is 20.9. The molecule has 0 aliphatic heterocycles. The number of alkyl carbamates (subject to hydrolysis) is 1. The number of benzene rings is 4. The summed E-state index contributed by atoms with van der Waals surface area (Å²) < 4.78 is 11.4. The highest BCUT2D eigenvalue weighted by atomic mass is 16.5. The Labute approximate surface area is 221 Å². The van der Waals surface area contributed by atoms with Crippen molar-refractivity contribution in [2.24, 2.45) is 0 Å². The van der Waals surface area contributed by atoms with Crippen molar-refractivity contribution >= 4 is 12.1 Å². The van der Waals surface area contributed by atoms with E-state index in [-0.39, 0.29) is 18.9 Å². The van der Waals surface area contributed by atoms with Crippen molar-refractivity contribution in [3.8, 4) is 16.9 Å². The van der Waals surface area contributed by atoms with Crippen molar-refractivity contribution in [1.29, 1.82) is 0 Å². The van der Waals surface area contributed by atoms with Crippen LogP contribution >= 0.6 is 0 Å². The Morgan fingerprint density at radius 1 is 0.789 bits per heavy atom. The van der Waals surface area contributed by atoms with Gasteiger partial charge in [0.05, 0.1) is 0 Å². The van der Waals surface area contributed by atoms with E-state index in [4.69, 9.17) is 9.47 Å². The Bertz CT molecular complexity index is 1370. The lowest BCUT2D eigenvalue weighted by Crippen LogP contribution is -2.41. The molecule has 0 heterocycles. The Hall–Kier alpha value is -4.58. The third kappa shape index (κ3) is 5.86. The number of rotatable bonds is 10. The number of carboxylic acid groups (broad SMARTS) is 1. The molecule has 4 aromatic carbocycles. The molecule has 0 saturated heterocycles. The van der Waals surface area contributed by atoms with Crippen LogP contribution in [-0.4, -0.2) is 29.8 Å². The van der Waals surface area contributed by atoms with Crippen LogP contribution in [0.4, 0.5) is 4.79 Å². The Kier molecular flexibility index (Phi) is 7.69. The van der Waals surface area contributed by atoms with Gasteiger partial charge in [0.25, 0.3) is 0 Å². The molecule has 5 rings (SSSR count). The number of ether oxygens (including phenoxy) is 2. The Balaban J connectivity index is 1.15. The zero-order chi connectivity index (χ0) is 26.3. The van der Waals surface area contributed by atoms with Crippen molar-refractivity contribution in [3.05, 3.63) is 125 Å². The van der Waals surface area contributed by atoms with Crippen LogP contribution in [0.1, 0.15) is 34.6 Å². The molecule has 1 aliphatic rings. The van der Waals surface area contributed by atoms with Crippen LogP contribution in [0.3, 0.4) is 0 Å². The third-order valence-electron chi connectivity index (χ3n) is 6.80. The topological polar surface area (TPSA) is 84.9 Å². The maximum absolute atomic E-state index is 12.6. The summed E-state index contributed by atoms with van der Waals surface area (Å²) in [6, 6.07) is 32.5. The van der Waals surface area contributed by atoms with Crippen LogP contribution in [0.25, 0.3) is 11.1 Å². The third-order valence-corrected chi connectivity index (χ3v) is 6.80. The first-order valence-corrected chi connectivity index (χ1v) is 12.7. The molecular formula is C32H29NO5. The van der Waals surface area contributed by atoms with Gasteiger partial charge in [0.2, 0.25) is 0 Å². The van der Waals surface area contributed by atoms with E-state index < -0.39 is 18.1 Å². The number of carbonyl (C=O) groups is 2. The Morgan fingerprint density at radius 3 is 2.11 bits per heavy atom. The van der Waals surface area contributed by atoms with E-state index in [0.717, 1.165) is 33.4 Å². The Morgan fingerprint density at radius 2 is 1.42 bits per heavy atom. The average molecular weight is 508 g/mol. The highest BCUT2D eigenvalue weighted by Crippen LogP contribution is 2.44. The maximum atomic E-state index is 12.6. The maximum Gasteiger partial charge on any atom is 0.407 e. The number of hydrogen-bond donors (Lipinski definition) is 2. The van der Waals surface area contributed by atoms with Crippen molar-refractivity contribution in [3.63, 3.8) is 0 Å². The molecule has 0 radical (unpaired) electrons. The van der Waals surface area contributed by atoms with Crippen molar-refractivity contribution in [1.82, 2.24) is 5.32 Å². The van der Waals surface area contributed by atoms with E-state index in [1.165, 1.54) is 0 Å². The molecule has 0 saturated carbocycles. The van der Waals surface area contributed by atoms with Gasteiger partial charge in [-0.1, -0.05) is 91.0 Å². The van der Waals surface area contributed by atoms with Gasteiger partial charge >= 0.3 is 12.1 Å². The second-order valence-corrected chi connectivity index (χ2v) is 9.32. The number of carboxylic acids is 1. The molecule has 0 fully saturated rings. The summed E-state index contributed by atoms with van der Waals surface area (Å²) in [5.41, 5.74) is 6.47. The number of amides is 1. The normalized spacial score (nSPS) is 12.7. The lowest BCUT2D eigenvalue weighted by atomic mass is 9.98. The van der Waals surface area contributed by atoms with Crippen LogP contribution in [0.15, 0.2) is 103 Å². The fourth-order valence-corrected chi connectivity index (χ4v) is 4.88. The molecule has 1 aliphatic carbocycles. The van der Waals surface area contributed by atoms with Crippen molar-refractivity contribution in [2.75, 3.05) is 6.61 Å². The molecule has 0 unspecified atom stereocenters. The average Bonchev–Trinajstić information content (AvgIpc) is 3.27. The molecule has 2 N–H and O–H groups in total. The number of nitrogens with one attached hydrogen (secondary N) is 1. The van der Waals surface area contributed by atoms with Gasteiger partial charge in [-0.25, -0.2) is 9.59 Å². The lowest BCUT2D eigenvalue weighted by Gasteiger charge is -2.17. The smallest absolute Gasteiger partial charge is 0.407 e. The predicted octanol–water partition coefficient (Wildman–Crippen LogP) is 6.19. The van der Waals surface area contributed by atoms with E-state index in [1.807, 2.05) is 91.0 Å². The largest absolute Gasteiger partial charge is 0.489 e. The molecular weight excluding hydrogens is 478 g/mol. The van der Waals surface area contributed by atoms with E-state index in [1.54, 1.807) is 0 Å². The summed E-state index contributed by atoms with van der Waals surface area (Å²) in [5, 5.41) is 12.2. The first-order valence-electron chi connectivity index (χ1n) is 12.7. The molecule has 6 nitrogen and oxygen atoms in total. The predicted molar refractivity (Wildman–Crippen MR) is 145 cm³/mol. The minimum atomic E-state index is -1.10. The van der Waals surface area contributed by atoms with Gasteiger partial charge in [-0.15, -0.1) is 0 Å². The highest BCUT2D eigenvalue weighted by molar-refractivity contribution is 5.81.